The van der Waals surface area contributed by atoms with Gasteiger partial charge in [-0.25, -0.2) is 18.4 Å². The molecule has 1 saturated heterocycles. The smallest absolute Gasteiger partial charge is 0.353 e. The van der Waals surface area contributed by atoms with Gasteiger partial charge in [0.25, 0.3) is 0 Å². The molecular weight excluding hydrogens is 425 g/mol. The predicted molar refractivity (Wildman–Crippen MR) is 105 cm³/mol. The number of thiophene rings is 1. The molecular formula is C18H17F3N4O2S2. The highest BCUT2D eigenvalue weighted by Crippen LogP contribution is 2.32. The van der Waals surface area contributed by atoms with Crippen LogP contribution in [0.2, 0.25) is 0 Å². The zero-order valence-corrected chi connectivity index (χ0v) is 17.0. The number of piperazine rings is 1. The Morgan fingerprint density at radius 3 is 2.48 bits per heavy atom. The van der Waals surface area contributed by atoms with Crippen LogP contribution in [0.25, 0.3) is 10.2 Å². The average Bonchev–Trinajstić information content (AvgIpc) is 3.07. The lowest BCUT2D eigenvalue weighted by molar-refractivity contribution is -0.137. The number of hydrogen-bond donors (Lipinski definition) is 0. The Balaban J connectivity index is 1.55. The third-order valence-corrected chi connectivity index (χ3v) is 7.62. The molecule has 0 bridgehead atoms. The lowest BCUT2D eigenvalue weighted by Crippen LogP contribution is -2.49. The van der Waals surface area contributed by atoms with Crippen LogP contribution in [0.1, 0.15) is 10.4 Å². The van der Waals surface area contributed by atoms with Crippen molar-refractivity contribution in [3.05, 3.63) is 47.1 Å². The minimum atomic E-state index is -4.60. The van der Waals surface area contributed by atoms with Gasteiger partial charge >= 0.3 is 6.18 Å². The second-order valence-electron chi connectivity index (χ2n) is 6.69. The molecule has 154 valence electrons. The minimum absolute atomic E-state index is 0.160. The Morgan fingerprint density at radius 2 is 1.79 bits per heavy atom. The second kappa shape index (κ2) is 7.22. The van der Waals surface area contributed by atoms with Crippen molar-refractivity contribution in [1.29, 1.82) is 0 Å². The van der Waals surface area contributed by atoms with Gasteiger partial charge < -0.3 is 4.90 Å². The van der Waals surface area contributed by atoms with Crippen LogP contribution in [-0.4, -0.2) is 48.9 Å². The van der Waals surface area contributed by atoms with E-state index in [1.165, 1.54) is 16.7 Å². The number of nitrogens with zero attached hydrogens (tertiary/aromatic N) is 4. The molecule has 11 heteroatoms. The van der Waals surface area contributed by atoms with Gasteiger partial charge in [-0.2, -0.15) is 17.5 Å². The van der Waals surface area contributed by atoms with Crippen LogP contribution in [0.15, 0.2) is 41.6 Å². The molecule has 3 heterocycles. The predicted octanol–water partition coefficient (Wildman–Crippen LogP) is 3.53. The van der Waals surface area contributed by atoms with E-state index in [2.05, 4.69) is 9.97 Å². The number of hydrogen-bond acceptors (Lipinski definition) is 6. The van der Waals surface area contributed by atoms with Crippen molar-refractivity contribution in [2.24, 2.45) is 0 Å². The van der Waals surface area contributed by atoms with Crippen LogP contribution in [0.4, 0.5) is 19.0 Å². The summed E-state index contributed by atoms with van der Waals surface area (Å²) in [5.74, 6) is 0.746. The minimum Gasteiger partial charge on any atom is -0.353 e. The zero-order valence-electron chi connectivity index (χ0n) is 15.3. The molecule has 0 spiro atoms. The van der Waals surface area contributed by atoms with Gasteiger partial charge in [0.15, 0.2) is 0 Å². The van der Waals surface area contributed by atoms with E-state index in [0.717, 1.165) is 33.0 Å². The van der Waals surface area contributed by atoms with E-state index in [-0.39, 0.29) is 18.0 Å². The summed E-state index contributed by atoms with van der Waals surface area (Å²) in [6.45, 7) is 3.08. The summed E-state index contributed by atoms with van der Waals surface area (Å²) in [6, 6.07) is 5.85. The van der Waals surface area contributed by atoms with Crippen LogP contribution in [0.5, 0.6) is 0 Å². The van der Waals surface area contributed by atoms with E-state index in [9.17, 15) is 21.6 Å². The van der Waals surface area contributed by atoms with E-state index >= 15 is 0 Å². The summed E-state index contributed by atoms with van der Waals surface area (Å²) in [5.41, 5.74) is -0.978. The Kier molecular flexibility index (Phi) is 4.99. The first-order valence-corrected chi connectivity index (χ1v) is 11.1. The summed E-state index contributed by atoms with van der Waals surface area (Å²) in [5, 5.41) is 0.921. The molecule has 1 fully saturated rings. The number of aryl methyl sites for hydroxylation is 1. The molecule has 0 aliphatic carbocycles. The molecule has 3 aromatic rings. The van der Waals surface area contributed by atoms with Crippen molar-refractivity contribution in [2.45, 2.75) is 18.0 Å². The molecule has 0 atom stereocenters. The van der Waals surface area contributed by atoms with Gasteiger partial charge in [0.05, 0.1) is 15.8 Å². The fraction of sp³-hybridized carbons (Fsp3) is 0.333. The van der Waals surface area contributed by atoms with E-state index in [4.69, 9.17) is 0 Å². The van der Waals surface area contributed by atoms with Gasteiger partial charge in [-0.3, -0.25) is 0 Å². The number of rotatable bonds is 3. The van der Waals surface area contributed by atoms with Crippen LogP contribution in [0.3, 0.4) is 0 Å². The lowest BCUT2D eigenvalue weighted by Gasteiger charge is -2.34. The van der Waals surface area contributed by atoms with Gasteiger partial charge in [0, 0.05) is 31.1 Å². The number of aromatic nitrogens is 2. The number of benzene rings is 1. The normalized spacial score (nSPS) is 16.5. The van der Waals surface area contributed by atoms with E-state index in [1.54, 1.807) is 11.3 Å². The first-order valence-electron chi connectivity index (χ1n) is 8.80. The molecule has 1 aliphatic heterocycles. The van der Waals surface area contributed by atoms with Crippen molar-refractivity contribution in [2.75, 3.05) is 31.1 Å². The summed E-state index contributed by atoms with van der Waals surface area (Å²) >= 11 is 1.56. The molecule has 29 heavy (non-hydrogen) atoms. The molecule has 1 aliphatic rings. The summed E-state index contributed by atoms with van der Waals surface area (Å²) in [7, 11) is -4.01. The topological polar surface area (TPSA) is 66.4 Å². The third kappa shape index (κ3) is 3.81. The quantitative estimate of drug-likeness (QED) is 0.621. The zero-order chi connectivity index (χ0) is 20.8. The highest BCUT2D eigenvalue weighted by Gasteiger charge is 2.34. The van der Waals surface area contributed by atoms with Crippen LogP contribution >= 0.6 is 11.3 Å². The Hall–Kier alpha value is -2.24. The lowest BCUT2D eigenvalue weighted by atomic mass is 10.2. The Morgan fingerprint density at radius 1 is 1.07 bits per heavy atom. The van der Waals surface area contributed by atoms with E-state index in [1.807, 2.05) is 17.9 Å². The largest absolute Gasteiger partial charge is 0.416 e. The SMILES string of the molecule is Cc1cc2c(N3CCN(S(=O)(=O)c4cccc(C(F)(F)F)c4)CC3)ncnc2s1. The third-order valence-electron chi connectivity index (χ3n) is 4.77. The molecule has 0 N–H and O–H groups in total. The summed E-state index contributed by atoms with van der Waals surface area (Å²) in [6.07, 6.45) is -3.11. The molecule has 4 rings (SSSR count). The molecule has 1 aromatic carbocycles. The fourth-order valence-electron chi connectivity index (χ4n) is 3.34. The summed E-state index contributed by atoms with van der Waals surface area (Å²) in [4.78, 5) is 12.2. The number of anilines is 1. The molecule has 6 nitrogen and oxygen atoms in total. The highest BCUT2D eigenvalue weighted by molar-refractivity contribution is 7.89. The standard InChI is InChI=1S/C18H17F3N4O2S2/c1-12-9-15-16(22-11-23-17(15)28-12)24-5-7-25(8-6-24)29(26,27)14-4-2-3-13(10-14)18(19,20)21/h2-4,9-11H,5-8H2,1H3. The van der Waals surface area contributed by atoms with Crippen molar-refractivity contribution in [3.8, 4) is 0 Å². The van der Waals surface area contributed by atoms with Crippen LogP contribution in [0, 0.1) is 6.92 Å². The number of halogens is 3. The van der Waals surface area contributed by atoms with Crippen LogP contribution < -0.4 is 4.90 Å². The Bertz CT molecular complexity index is 1150. The van der Waals surface area contributed by atoms with Crippen molar-refractivity contribution < 1.29 is 21.6 Å². The monoisotopic (exact) mass is 442 g/mol. The highest BCUT2D eigenvalue weighted by atomic mass is 32.2. The maximum atomic E-state index is 12.9. The number of alkyl halides is 3. The molecule has 0 radical (unpaired) electrons. The molecule has 0 saturated carbocycles. The van der Waals surface area contributed by atoms with Crippen molar-refractivity contribution in [1.82, 2.24) is 14.3 Å². The van der Waals surface area contributed by atoms with Crippen molar-refractivity contribution >= 4 is 37.4 Å². The molecule has 0 amide bonds. The first-order chi connectivity index (χ1) is 13.7. The molecule has 0 unspecified atom stereocenters. The second-order valence-corrected chi connectivity index (χ2v) is 9.86. The van der Waals surface area contributed by atoms with Gasteiger partial charge in [0.1, 0.15) is 17.0 Å². The molecule has 2 aromatic heterocycles. The summed E-state index contributed by atoms with van der Waals surface area (Å²) < 4.78 is 65.7. The van der Waals surface area contributed by atoms with Gasteiger partial charge in [-0.1, -0.05) is 6.07 Å². The van der Waals surface area contributed by atoms with Gasteiger partial charge in [-0.05, 0) is 31.2 Å². The fourth-order valence-corrected chi connectivity index (χ4v) is 5.65. The number of sulfonamides is 1. The maximum Gasteiger partial charge on any atom is 0.416 e. The first kappa shape index (κ1) is 20.0. The van der Waals surface area contributed by atoms with Crippen molar-refractivity contribution in [3.63, 3.8) is 0 Å². The Labute approximate surface area is 169 Å². The van der Waals surface area contributed by atoms with E-state index in [0.29, 0.717) is 19.2 Å². The maximum absolute atomic E-state index is 12.9. The van der Waals surface area contributed by atoms with E-state index < -0.39 is 21.8 Å². The number of fused-ring (bicyclic) bond motifs is 1. The van der Waals surface area contributed by atoms with Gasteiger partial charge in [0.2, 0.25) is 10.0 Å². The van der Waals surface area contributed by atoms with Gasteiger partial charge in [-0.15, -0.1) is 11.3 Å². The average molecular weight is 442 g/mol. The van der Waals surface area contributed by atoms with Crippen LogP contribution in [-0.2, 0) is 16.2 Å².